The molecule has 1 N–H and O–H groups in total. The average Bonchev–Trinajstić information content (AvgIpc) is 2.97. The first kappa shape index (κ1) is 14.8. The lowest BCUT2D eigenvalue weighted by atomic mass is 10.2. The van der Waals surface area contributed by atoms with Crippen LogP contribution in [0.4, 0.5) is 5.82 Å². The maximum absolute atomic E-state index is 5.72. The number of nitrogens with zero attached hydrogens (tertiary/aromatic N) is 2. The second-order valence-electron chi connectivity index (χ2n) is 5.33. The van der Waals surface area contributed by atoms with Crippen molar-refractivity contribution in [3.63, 3.8) is 0 Å². The topological polar surface area (TPSA) is 56.3 Å². The highest BCUT2D eigenvalue weighted by Crippen LogP contribution is 2.28. The van der Waals surface area contributed by atoms with Gasteiger partial charge in [0.2, 0.25) is 5.88 Å². The molecule has 1 aliphatic rings. The van der Waals surface area contributed by atoms with Crippen LogP contribution in [0.2, 0.25) is 0 Å². The number of hydrogen-bond acceptors (Lipinski definition) is 5. The quantitative estimate of drug-likeness (QED) is 0.776. The molecule has 0 radical (unpaired) electrons. The van der Waals surface area contributed by atoms with E-state index in [4.69, 9.17) is 9.47 Å². The Hall–Kier alpha value is -1.62. The molecule has 0 amide bonds. The summed E-state index contributed by atoms with van der Waals surface area (Å²) in [6.07, 6.45) is 3.80. The first-order valence-electron chi connectivity index (χ1n) is 7.17. The minimum absolute atomic E-state index is 0.0121. The van der Waals surface area contributed by atoms with Crippen molar-refractivity contribution in [1.29, 1.82) is 0 Å². The molecule has 1 fully saturated rings. The molecule has 110 valence electrons. The SMILES string of the molecule is C=CCNc1cc(OCC(C)C)nc(C2CCCO2)n1. The highest BCUT2D eigenvalue weighted by Gasteiger charge is 2.22. The molecule has 1 aromatic rings. The molecule has 0 spiro atoms. The van der Waals surface area contributed by atoms with Gasteiger partial charge in [-0.05, 0) is 18.8 Å². The Kier molecular flexibility index (Phi) is 5.35. The third-order valence-corrected chi connectivity index (χ3v) is 2.93. The minimum atomic E-state index is -0.0121. The maximum Gasteiger partial charge on any atom is 0.218 e. The number of aromatic nitrogens is 2. The molecule has 0 bridgehead atoms. The van der Waals surface area contributed by atoms with Crippen LogP contribution in [-0.4, -0.2) is 29.7 Å². The summed E-state index contributed by atoms with van der Waals surface area (Å²) in [5.41, 5.74) is 0. The number of anilines is 1. The van der Waals surface area contributed by atoms with Crippen LogP contribution >= 0.6 is 0 Å². The first-order chi connectivity index (χ1) is 9.69. The van der Waals surface area contributed by atoms with Crippen molar-refractivity contribution in [1.82, 2.24) is 9.97 Å². The Labute approximate surface area is 120 Å². The fraction of sp³-hybridized carbons (Fsp3) is 0.600. The molecule has 5 heteroatoms. The van der Waals surface area contributed by atoms with E-state index in [0.717, 1.165) is 25.3 Å². The van der Waals surface area contributed by atoms with E-state index in [2.05, 4.69) is 35.7 Å². The van der Waals surface area contributed by atoms with Gasteiger partial charge in [0.1, 0.15) is 11.9 Å². The van der Waals surface area contributed by atoms with Crippen LogP contribution < -0.4 is 10.1 Å². The molecule has 1 aliphatic heterocycles. The van der Waals surface area contributed by atoms with Crippen molar-refractivity contribution in [3.8, 4) is 5.88 Å². The van der Waals surface area contributed by atoms with Crippen molar-refractivity contribution in [2.45, 2.75) is 32.8 Å². The second-order valence-corrected chi connectivity index (χ2v) is 5.33. The molecule has 0 aromatic carbocycles. The Morgan fingerprint density at radius 2 is 2.40 bits per heavy atom. The van der Waals surface area contributed by atoms with Gasteiger partial charge in [0.15, 0.2) is 5.82 Å². The number of nitrogens with one attached hydrogen (secondary N) is 1. The Morgan fingerprint density at radius 3 is 3.05 bits per heavy atom. The van der Waals surface area contributed by atoms with E-state index >= 15 is 0 Å². The molecule has 1 saturated heterocycles. The Bertz CT molecular complexity index is 443. The molecule has 2 heterocycles. The molecule has 20 heavy (non-hydrogen) atoms. The van der Waals surface area contributed by atoms with Crippen LogP contribution in [0.5, 0.6) is 5.88 Å². The van der Waals surface area contributed by atoms with E-state index in [-0.39, 0.29) is 6.10 Å². The Morgan fingerprint density at radius 1 is 1.55 bits per heavy atom. The fourth-order valence-corrected chi connectivity index (χ4v) is 1.96. The van der Waals surface area contributed by atoms with Crippen LogP contribution in [0.1, 0.15) is 38.6 Å². The summed E-state index contributed by atoms with van der Waals surface area (Å²) >= 11 is 0. The molecule has 1 atom stereocenters. The molecule has 2 rings (SSSR count). The van der Waals surface area contributed by atoms with Crippen molar-refractivity contribution in [2.75, 3.05) is 25.1 Å². The number of ether oxygens (including phenoxy) is 2. The van der Waals surface area contributed by atoms with Crippen molar-refractivity contribution >= 4 is 5.82 Å². The van der Waals surface area contributed by atoms with Crippen LogP contribution in [0, 0.1) is 5.92 Å². The smallest absolute Gasteiger partial charge is 0.218 e. The number of hydrogen-bond donors (Lipinski definition) is 1. The van der Waals surface area contributed by atoms with Gasteiger partial charge >= 0.3 is 0 Å². The zero-order chi connectivity index (χ0) is 14.4. The molecule has 0 aliphatic carbocycles. The second kappa shape index (κ2) is 7.24. The van der Waals surface area contributed by atoms with Gasteiger partial charge in [0.05, 0.1) is 6.61 Å². The van der Waals surface area contributed by atoms with E-state index in [1.54, 1.807) is 6.08 Å². The maximum atomic E-state index is 5.72. The lowest BCUT2D eigenvalue weighted by molar-refractivity contribution is 0.104. The fourth-order valence-electron chi connectivity index (χ4n) is 1.96. The Balaban J connectivity index is 2.15. The van der Waals surface area contributed by atoms with Gasteiger partial charge in [0, 0.05) is 19.2 Å². The molecule has 1 unspecified atom stereocenters. The van der Waals surface area contributed by atoms with Gasteiger partial charge in [-0.1, -0.05) is 19.9 Å². The van der Waals surface area contributed by atoms with Crippen LogP contribution in [0.15, 0.2) is 18.7 Å². The summed E-state index contributed by atoms with van der Waals surface area (Å²) in [5, 5.41) is 3.18. The van der Waals surface area contributed by atoms with Crippen LogP contribution in [0.3, 0.4) is 0 Å². The molecule has 5 nitrogen and oxygen atoms in total. The summed E-state index contributed by atoms with van der Waals surface area (Å²) in [5.74, 6) is 2.52. The summed E-state index contributed by atoms with van der Waals surface area (Å²) in [6.45, 7) is 9.99. The van der Waals surface area contributed by atoms with Gasteiger partial charge in [-0.15, -0.1) is 6.58 Å². The highest BCUT2D eigenvalue weighted by molar-refractivity contribution is 5.39. The van der Waals surface area contributed by atoms with Crippen molar-refractivity contribution in [2.24, 2.45) is 5.92 Å². The zero-order valence-corrected chi connectivity index (χ0v) is 12.3. The van der Waals surface area contributed by atoms with Gasteiger partial charge in [-0.3, -0.25) is 0 Å². The van der Waals surface area contributed by atoms with E-state index in [1.807, 2.05) is 6.07 Å². The summed E-state index contributed by atoms with van der Waals surface area (Å²) in [7, 11) is 0. The van der Waals surface area contributed by atoms with Gasteiger partial charge in [-0.25, -0.2) is 4.98 Å². The molecular formula is C15H23N3O2. The minimum Gasteiger partial charge on any atom is -0.477 e. The monoisotopic (exact) mass is 277 g/mol. The summed E-state index contributed by atoms with van der Waals surface area (Å²) in [4.78, 5) is 8.98. The summed E-state index contributed by atoms with van der Waals surface area (Å²) < 4.78 is 11.4. The van der Waals surface area contributed by atoms with Crippen molar-refractivity contribution in [3.05, 3.63) is 24.5 Å². The first-order valence-corrected chi connectivity index (χ1v) is 7.17. The summed E-state index contributed by atoms with van der Waals surface area (Å²) in [6, 6.07) is 1.82. The lowest BCUT2D eigenvalue weighted by Crippen LogP contribution is -2.11. The van der Waals surface area contributed by atoms with Crippen LogP contribution in [0.25, 0.3) is 0 Å². The average molecular weight is 277 g/mol. The van der Waals surface area contributed by atoms with Crippen molar-refractivity contribution < 1.29 is 9.47 Å². The van der Waals surface area contributed by atoms with E-state index in [1.165, 1.54) is 0 Å². The zero-order valence-electron chi connectivity index (χ0n) is 12.3. The number of rotatable bonds is 7. The molecular weight excluding hydrogens is 254 g/mol. The van der Waals surface area contributed by atoms with Gasteiger partial charge in [-0.2, -0.15) is 4.98 Å². The molecule has 1 aromatic heterocycles. The predicted octanol–water partition coefficient (Wildman–Crippen LogP) is 2.96. The van der Waals surface area contributed by atoms with E-state index < -0.39 is 0 Å². The highest BCUT2D eigenvalue weighted by atomic mass is 16.5. The van der Waals surface area contributed by atoms with Gasteiger partial charge < -0.3 is 14.8 Å². The third kappa shape index (κ3) is 4.20. The van der Waals surface area contributed by atoms with Gasteiger partial charge in [0.25, 0.3) is 0 Å². The lowest BCUT2D eigenvalue weighted by Gasteiger charge is -2.14. The van der Waals surface area contributed by atoms with Crippen LogP contribution in [-0.2, 0) is 4.74 Å². The third-order valence-electron chi connectivity index (χ3n) is 2.93. The molecule has 0 saturated carbocycles. The normalized spacial score (nSPS) is 18.2. The predicted molar refractivity (Wildman–Crippen MR) is 79.0 cm³/mol. The van der Waals surface area contributed by atoms with E-state index in [9.17, 15) is 0 Å². The van der Waals surface area contributed by atoms with E-state index in [0.29, 0.717) is 30.8 Å². The standard InChI is InChI=1S/C15H23N3O2/c1-4-7-16-13-9-14(20-10-11(2)3)18-15(17-13)12-6-5-8-19-12/h4,9,11-12H,1,5-8,10H2,2-3H3,(H,16,17,18). The largest absolute Gasteiger partial charge is 0.477 e.